The highest BCUT2D eigenvalue weighted by molar-refractivity contribution is 5.97. The normalized spacial score (nSPS) is 10.4. The van der Waals surface area contributed by atoms with E-state index < -0.39 is 5.91 Å². The zero-order valence-electron chi connectivity index (χ0n) is 15.1. The van der Waals surface area contributed by atoms with Crippen molar-refractivity contribution in [2.75, 3.05) is 34.0 Å². The summed E-state index contributed by atoms with van der Waals surface area (Å²) in [6.07, 6.45) is 3.49. The average Bonchev–Trinajstić information content (AvgIpc) is 2.64. The van der Waals surface area contributed by atoms with Gasteiger partial charge in [0, 0.05) is 20.3 Å². The molecule has 1 rings (SSSR count). The molecule has 2 N–H and O–H groups in total. The van der Waals surface area contributed by atoms with Gasteiger partial charge in [-0.05, 0) is 30.2 Å². The molecule has 1 aromatic rings. The maximum absolute atomic E-state index is 11.7. The van der Waals surface area contributed by atoms with Crippen molar-refractivity contribution < 1.29 is 23.8 Å². The molecule has 1 aromatic carbocycles. The van der Waals surface area contributed by atoms with Crippen molar-refractivity contribution in [2.24, 2.45) is 5.10 Å². The van der Waals surface area contributed by atoms with E-state index in [0.717, 1.165) is 0 Å². The number of carbonyl (C=O) groups is 2. The highest BCUT2D eigenvalue weighted by Gasteiger charge is 2.08. The van der Waals surface area contributed by atoms with Crippen molar-refractivity contribution in [1.82, 2.24) is 10.7 Å². The van der Waals surface area contributed by atoms with Crippen LogP contribution in [0.1, 0.15) is 18.4 Å². The quantitative estimate of drug-likeness (QED) is 0.191. The molecule has 0 spiro atoms. The Balaban J connectivity index is 2.46. The van der Waals surface area contributed by atoms with Crippen LogP contribution in [0.3, 0.4) is 0 Å². The molecule has 0 bridgehead atoms. The maximum atomic E-state index is 11.7. The van der Waals surface area contributed by atoms with Crippen LogP contribution in [0.15, 0.2) is 36.0 Å². The van der Waals surface area contributed by atoms with Crippen LogP contribution < -0.4 is 20.2 Å². The van der Waals surface area contributed by atoms with Crippen molar-refractivity contribution in [3.63, 3.8) is 0 Å². The van der Waals surface area contributed by atoms with E-state index in [-0.39, 0.29) is 12.3 Å². The van der Waals surface area contributed by atoms with Crippen LogP contribution in [0.2, 0.25) is 0 Å². The van der Waals surface area contributed by atoms with Crippen LogP contribution in [0.25, 0.3) is 0 Å². The second-order valence-electron chi connectivity index (χ2n) is 5.18. The number of hydrogen-bond acceptors (Lipinski definition) is 6. The van der Waals surface area contributed by atoms with E-state index >= 15 is 0 Å². The van der Waals surface area contributed by atoms with Crippen LogP contribution in [0, 0.1) is 0 Å². The highest BCUT2D eigenvalue weighted by Crippen LogP contribution is 2.27. The van der Waals surface area contributed by atoms with Gasteiger partial charge in [-0.25, -0.2) is 5.43 Å². The Morgan fingerprint density at radius 2 is 2.04 bits per heavy atom. The number of hydrogen-bond donors (Lipinski definition) is 2. The predicted molar refractivity (Wildman–Crippen MR) is 98.5 cm³/mol. The van der Waals surface area contributed by atoms with Crippen LogP contribution in [0.5, 0.6) is 11.5 Å². The van der Waals surface area contributed by atoms with Gasteiger partial charge in [0.15, 0.2) is 11.5 Å². The molecule has 142 valence electrons. The van der Waals surface area contributed by atoms with Crippen LogP contribution in [-0.4, -0.2) is 52.0 Å². The molecule has 2 amide bonds. The second kappa shape index (κ2) is 12.5. The number of carbonyl (C=O) groups excluding carboxylic acids is 2. The van der Waals surface area contributed by atoms with Crippen molar-refractivity contribution in [1.29, 1.82) is 0 Å². The third-order valence-electron chi connectivity index (χ3n) is 3.12. The number of ether oxygens (including phenoxy) is 3. The zero-order chi connectivity index (χ0) is 19.2. The van der Waals surface area contributed by atoms with E-state index in [2.05, 4.69) is 22.4 Å². The summed E-state index contributed by atoms with van der Waals surface area (Å²) in [4.78, 5) is 23.2. The summed E-state index contributed by atoms with van der Waals surface area (Å²) in [6, 6.07) is 5.22. The number of hydrazone groups is 1. The lowest BCUT2D eigenvalue weighted by atomic mass is 10.2. The fraction of sp³-hybridized carbons (Fsp3) is 0.389. The minimum Gasteiger partial charge on any atom is -0.493 e. The monoisotopic (exact) mass is 363 g/mol. The summed E-state index contributed by atoms with van der Waals surface area (Å²) in [7, 11) is 3.12. The topological polar surface area (TPSA) is 98.2 Å². The van der Waals surface area contributed by atoms with Gasteiger partial charge in [-0.1, -0.05) is 12.7 Å². The summed E-state index contributed by atoms with van der Waals surface area (Å²) in [6.45, 7) is 4.97. The lowest BCUT2D eigenvalue weighted by Crippen LogP contribution is -2.30. The fourth-order valence-electron chi connectivity index (χ4n) is 1.90. The van der Waals surface area contributed by atoms with Crippen LogP contribution >= 0.6 is 0 Å². The molecule has 0 atom stereocenters. The Morgan fingerprint density at radius 1 is 1.23 bits per heavy atom. The van der Waals surface area contributed by atoms with E-state index in [9.17, 15) is 9.59 Å². The molecule has 0 aliphatic rings. The smallest absolute Gasteiger partial charge is 0.249 e. The highest BCUT2D eigenvalue weighted by atomic mass is 16.5. The molecular formula is C18H25N3O5. The Bertz CT molecular complexity index is 631. The maximum Gasteiger partial charge on any atom is 0.249 e. The third-order valence-corrected chi connectivity index (χ3v) is 3.12. The van der Waals surface area contributed by atoms with Gasteiger partial charge in [-0.3, -0.25) is 9.59 Å². The predicted octanol–water partition coefficient (Wildman–Crippen LogP) is 1.25. The van der Waals surface area contributed by atoms with Crippen molar-refractivity contribution in [3.8, 4) is 11.5 Å². The molecule has 0 aliphatic carbocycles. The Kier molecular flexibility index (Phi) is 10.2. The first-order valence-corrected chi connectivity index (χ1v) is 8.10. The number of nitrogens with one attached hydrogen (secondary N) is 2. The van der Waals surface area contributed by atoms with Gasteiger partial charge in [0.05, 0.1) is 13.3 Å². The molecule has 0 saturated carbocycles. The summed E-state index contributed by atoms with van der Waals surface area (Å²) in [5.41, 5.74) is 3.02. The lowest BCUT2D eigenvalue weighted by molar-refractivity contribution is -0.129. The van der Waals surface area contributed by atoms with Gasteiger partial charge in [-0.15, -0.1) is 0 Å². The summed E-state index contributed by atoms with van der Waals surface area (Å²) in [5, 5.41) is 6.46. The summed E-state index contributed by atoms with van der Waals surface area (Å²) in [5.74, 6) is 0.263. The SMILES string of the molecule is C=CCOc1ccc(/C=N\NC(=O)CC(=O)NCCCOC)cc1OC. The first-order chi connectivity index (χ1) is 12.6. The molecule has 0 aromatic heterocycles. The van der Waals surface area contributed by atoms with E-state index in [1.54, 1.807) is 31.4 Å². The van der Waals surface area contributed by atoms with E-state index in [0.29, 0.717) is 43.2 Å². The van der Waals surface area contributed by atoms with E-state index in [1.165, 1.54) is 13.3 Å². The van der Waals surface area contributed by atoms with Gasteiger partial charge in [0.1, 0.15) is 13.0 Å². The molecule has 26 heavy (non-hydrogen) atoms. The van der Waals surface area contributed by atoms with Crippen LogP contribution in [0.4, 0.5) is 0 Å². The molecule has 0 fully saturated rings. The number of nitrogens with zero attached hydrogens (tertiary/aromatic N) is 1. The standard InChI is InChI=1S/C18H25N3O5/c1-4-9-26-15-7-6-14(11-16(15)25-3)13-20-21-18(23)12-17(22)19-8-5-10-24-2/h4,6-7,11,13H,1,5,8-10,12H2,2-3H3,(H,19,22)(H,21,23)/b20-13-. The fourth-order valence-corrected chi connectivity index (χ4v) is 1.90. The molecule has 0 unspecified atom stereocenters. The Hall–Kier alpha value is -2.87. The molecule has 8 nitrogen and oxygen atoms in total. The lowest BCUT2D eigenvalue weighted by Gasteiger charge is -2.09. The largest absolute Gasteiger partial charge is 0.493 e. The van der Waals surface area contributed by atoms with E-state index in [4.69, 9.17) is 14.2 Å². The van der Waals surface area contributed by atoms with Gasteiger partial charge in [-0.2, -0.15) is 5.10 Å². The number of methoxy groups -OCH3 is 2. The molecule has 0 radical (unpaired) electrons. The minimum atomic E-state index is -0.497. The zero-order valence-corrected chi connectivity index (χ0v) is 15.1. The molecule has 8 heteroatoms. The summed E-state index contributed by atoms with van der Waals surface area (Å²) < 4.78 is 15.6. The number of amides is 2. The van der Waals surface area contributed by atoms with Crippen molar-refractivity contribution in [2.45, 2.75) is 12.8 Å². The van der Waals surface area contributed by atoms with Crippen molar-refractivity contribution in [3.05, 3.63) is 36.4 Å². The van der Waals surface area contributed by atoms with Crippen LogP contribution in [-0.2, 0) is 14.3 Å². The van der Waals surface area contributed by atoms with Gasteiger partial charge < -0.3 is 19.5 Å². The van der Waals surface area contributed by atoms with E-state index in [1.807, 2.05) is 0 Å². The average molecular weight is 363 g/mol. The Morgan fingerprint density at radius 3 is 2.73 bits per heavy atom. The number of benzene rings is 1. The second-order valence-corrected chi connectivity index (χ2v) is 5.18. The Labute approximate surface area is 153 Å². The molecule has 0 heterocycles. The number of rotatable bonds is 12. The third kappa shape index (κ3) is 8.29. The summed E-state index contributed by atoms with van der Waals surface area (Å²) >= 11 is 0. The van der Waals surface area contributed by atoms with Gasteiger partial charge in [0.2, 0.25) is 11.8 Å². The molecule has 0 aliphatic heterocycles. The van der Waals surface area contributed by atoms with Gasteiger partial charge in [0.25, 0.3) is 0 Å². The molecular weight excluding hydrogens is 338 g/mol. The molecule has 0 saturated heterocycles. The minimum absolute atomic E-state index is 0.290. The first kappa shape index (κ1) is 21.2. The van der Waals surface area contributed by atoms with Gasteiger partial charge >= 0.3 is 0 Å². The van der Waals surface area contributed by atoms with Crippen molar-refractivity contribution >= 4 is 18.0 Å². The first-order valence-electron chi connectivity index (χ1n) is 8.10.